The maximum absolute atomic E-state index is 10.7. The van der Waals surface area contributed by atoms with Gasteiger partial charge in [-0.1, -0.05) is 13.8 Å². The van der Waals surface area contributed by atoms with Crippen LogP contribution in [-0.2, 0) is 4.74 Å². The van der Waals surface area contributed by atoms with Gasteiger partial charge in [-0.3, -0.25) is 4.57 Å². The Balaban J connectivity index is 1.46. The molecule has 2 aliphatic rings. The molecule has 2 fully saturated rings. The SMILES string of the molecule is CCC(CC)Nc1nc(Cl)nc2c1ncn2[C@@H]1O[C@H](c2nnc(C3CC3)o2)[C@@H](O)[C@H]1O. The van der Waals surface area contributed by atoms with Gasteiger partial charge < -0.3 is 24.7 Å². The molecule has 4 heterocycles. The highest BCUT2D eigenvalue weighted by molar-refractivity contribution is 6.28. The predicted octanol–water partition coefficient (Wildman–Crippen LogP) is 2.33. The average Bonchev–Trinajstić information content (AvgIpc) is 3.23. The number of imidazole rings is 1. The number of fused-ring (bicyclic) bond motifs is 1. The number of rotatable bonds is 7. The Morgan fingerprint density at radius 1 is 1.16 bits per heavy atom. The molecule has 3 aromatic rings. The van der Waals surface area contributed by atoms with E-state index in [1.54, 1.807) is 0 Å². The quantitative estimate of drug-likeness (QED) is 0.459. The van der Waals surface area contributed by atoms with Crippen molar-refractivity contribution in [3.63, 3.8) is 0 Å². The number of aliphatic hydroxyl groups excluding tert-OH is 2. The van der Waals surface area contributed by atoms with Crippen LogP contribution < -0.4 is 5.32 Å². The number of hydrogen-bond donors (Lipinski definition) is 3. The molecule has 11 nitrogen and oxygen atoms in total. The predicted molar refractivity (Wildman–Crippen MR) is 109 cm³/mol. The summed E-state index contributed by atoms with van der Waals surface area (Å²) in [6.07, 6.45) is 0.880. The van der Waals surface area contributed by atoms with Gasteiger partial charge in [0, 0.05) is 12.0 Å². The van der Waals surface area contributed by atoms with Crippen LogP contribution >= 0.6 is 11.6 Å². The summed E-state index contributed by atoms with van der Waals surface area (Å²) < 4.78 is 13.1. The fourth-order valence-electron chi connectivity index (χ4n) is 3.81. The number of nitrogens with one attached hydrogen (secondary N) is 1. The zero-order chi connectivity index (χ0) is 21.7. The van der Waals surface area contributed by atoms with Crippen LogP contribution in [0, 0.1) is 0 Å². The van der Waals surface area contributed by atoms with Gasteiger partial charge in [-0.05, 0) is 37.3 Å². The first-order valence-corrected chi connectivity index (χ1v) is 10.9. The molecule has 0 spiro atoms. The summed E-state index contributed by atoms with van der Waals surface area (Å²) in [6, 6.07) is 0.206. The molecule has 1 saturated heterocycles. The van der Waals surface area contributed by atoms with E-state index in [1.165, 1.54) is 10.9 Å². The van der Waals surface area contributed by atoms with Crippen molar-refractivity contribution >= 4 is 28.6 Å². The zero-order valence-electron chi connectivity index (χ0n) is 17.1. The molecule has 1 aliphatic heterocycles. The number of halogens is 1. The standard InChI is InChI=1S/C19H24ClN7O4/c1-3-9(4-2)22-14-10-15(24-19(20)23-14)27(7-21-10)18-12(29)11(28)13(30-18)17-26-25-16(31-17)8-5-6-8/h7-9,11-13,18,28-29H,3-6H2,1-2H3,(H,22,23,24)/t11-,12+,13-,18+/m0/s1. The number of aromatic nitrogens is 6. The highest BCUT2D eigenvalue weighted by atomic mass is 35.5. The van der Waals surface area contributed by atoms with Gasteiger partial charge in [-0.2, -0.15) is 9.97 Å². The smallest absolute Gasteiger partial charge is 0.248 e. The Labute approximate surface area is 182 Å². The maximum atomic E-state index is 10.7. The number of anilines is 1. The summed E-state index contributed by atoms with van der Waals surface area (Å²) in [4.78, 5) is 13.0. The van der Waals surface area contributed by atoms with Crippen LogP contribution in [0.15, 0.2) is 10.7 Å². The van der Waals surface area contributed by atoms with Crippen LogP contribution in [0.3, 0.4) is 0 Å². The van der Waals surface area contributed by atoms with Crippen LogP contribution in [0.25, 0.3) is 11.2 Å². The number of nitrogens with zero attached hydrogens (tertiary/aromatic N) is 6. The van der Waals surface area contributed by atoms with Crippen LogP contribution in [0.5, 0.6) is 0 Å². The molecular formula is C19H24ClN7O4. The molecule has 0 unspecified atom stereocenters. The highest BCUT2D eigenvalue weighted by Gasteiger charge is 2.48. The fraction of sp³-hybridized carbons (Fsp3) is 0.632. The van der Waals surface area contributed by atoms with E-state index >= 15 is 0 Å². The van der Waals surface area contributed by atoms with Crippen molar-refractivity contribution in [3.05, 3.63) is 23.4 Å². The number of aliphatic hydroxyl groups is 2. The van der Waals surface area contributed by atoms with E-state index in [4.69, 9.17) is 20.8 Å². The van der Waals surface area contributed by atoms with Crippen LogP contribution in [0.1, 0.15) is 69.6 Å². The monoisotopic (exact) mass is 449 g/mol. The lowest BCUT2D eigenvalue weighted by Crippen LogP contribution is -2.29. The van der Waals surface area contributed by atoms with Crippen LogP contribution in [0.4, 0.5) is 5.82 Å². The van der Waals surface area contributed by atoms with Gasteiger partial charge >= 0.3 is 0 Å². The molecule has 12 heteroatoms. The first kappa shape index (κ1) is 20.6. The van der Waals surface area contributed by atoms with E-state index in [1.807, 2.05) is 0 Å². The molecule has 31 heavy (non-hydrogen) atoms. The van der Waals surface area contributed by atoms with Crippen LogP contribution in [-0.4, -0.2) is 58.2 Å². The Kier molecular flexibility index (Phi) is 5.29. The van der Waals surface area contributed by atoms with Gasteiger partial charge in [-0.25, -0.2) is 4.98 Å². The first-order valence-electron chi connectivity index (χ1n) is 10.5. The molecule has 0 amide bonds. The Hall–Kier alpha value is -2.34. The van der Waals surface area contributed by atoms with Gasteiger partial charge in [0.2, 0.25) is 17.1 Å². The van der Waals surface area contributed by atoms with E-state index < -0.39 is 24.5 Å². The van der Waals surface area contributed by atoms with Gasteiger partial charge in [0.05, 0.1) is 6.33 Å². The van der Waals surface area contributed by atoms with Crippen molar-refractivity contribution in [2.24, 2.45) is 0 Å². The minimum Gasteiger partial charge on any atom is -0.422 e. The average molecular weight is 450 g/mol. The van der Waals surface area contributed by atoms with Crippen molar-refractivity contribution in [1.82, 2.24) is 29.7 Å². The largest absolute Gasteiger partial charge is 0.422 e. The summed E-state index contributed by atoms with van der Waals surface area (Å²) in [5, 5.41) is 32.7. The van der Waals surface area contributed by atoms with Crippen LogP contribution in [0.2, 0.25) is 5.28 Å². The lowest BCUT2D eigenvalue weighted by atomic mass is 10.1. The summed E-state index contributed by atoms with van der Waals surface area (Å²) >= 11 is 6.17. The first-order chi connectivity index (χ1) is 15.0. The molecule has 3 N–H and O–H groups in total. The molecular weight excluding hydrogens is 426 g/mol. The molecule has 0 aromatic carbocycles. The number of ether oxygens (including phenoxy) is 1. The van der Waals surface area contributed by atoms with Crippen molar-refractivity contribution in [3.8, 4) is 0 Å². The minimum absolute atomic E-state index is 0.0401. The lowest BCUT2D eigenvalue weighted by Gasteiger charge is -2.18. The normalized spacial score (nSPS) is 26.3. The number of hydrogen-bond acceptors (Lipinski definition) is 10. The molecule has 166 valence electrons. The van der Waals surface area contributed by atoms with Gasteiger partial charge in [-0.15, -0.1) is 10.2 Å². The highest BCUT2D eigenvalue weighted by Crippen LogP contribution is 2.43. The topological polar surface area (TPSA) is 144 Å². The summed E-state index contributed by atoms with van der Waals surface area (Å²) in [7, 11) is 0. The van der Waals surface area contributed by atoms with Crippen molar-refractivity contribution in [2.45, 2.75) is 76.0 Å². The second kappa shape index (κ2) is 7.97. The Morgan fingerprint density at radius 2 is 1.90 bits per heavy atom. The summed E-state index contributed by atoms with van der Waals surface area (Å²) in [6.45, 7) is 4.16. The molecule has 1 saturated carbocycles. The second-order valence-corrected chi connectivity index (χ2v) is 8.34. The minimum atomic E-state index is -1.26. The van der Waals surface area contributed by atoms with Crippen molar-refractivity contribution in [2.75, 3.05) is 5.32 Å². The third kappa shape index (κ3) is 3.65. The fourth-order valence-corrected chi connectivity index (χ4v) is 3.98. The third-order valence-electron chi connectivity index (χ3n) is 5.86. The molecule has 4 atom stereocenters. The Morgan fingerprint density at radius 3 is 2.61 bits per heavy atom. The van der Waals surface area contributed by atoms with Gasteiger partial charge in [0.1, 0.15) is 12.2 Å². The Bertz CT molecular complexity index is 1080. The third-order valence-corrected chi connectivity index (χ3v) is 6.03. The van der Waals surface area contributed by atoms with E-state index in [0.717, 1.165) is 25.7 Å². The van der Waals surface area contributed by atoms with E-state index in [2.05, 4.69) is 44.3 Å². The lowest BCUT2D eigenvalue weighted by molar-refractivity contribution is -0.0439. The molecule has 1 aliphatic carbocycles. The molecule has 0 radical (unpaired) electrons. The van der Waals surface area contributed by atoms with Gasteiger partial charge in [0.25, 0.3) is 0 Å². The molecule has 0 bridgehead atoms. The summed E-state index contributed by atoms with van der Waals surface area (Å²) in [5.41, 5.74) is 0.883. The molecule has 3 aromatic heterocycles. The van der Waals surface area contributed by atoms with Crippen molar-refractivity contribution < 1.29 is 19.4 Å². The maximum Gasteiger partial charge on any atom is 0.248 e. The summed E-state index contributed by atoms with van der Waals surface area (Å²) in [5.74, 6) is 1.47. The zero-order valence-corrected chi connectivity index (χ0v) is 17.9. The molecule has 5 rings (SSSR count). The van der Waals surface area contributed by atoms with E-state index in [0.29, 0.717) is 22.9 Å². The van der Waals surface area contributed by atoms with E-state index in [9.17, 15) is 10.2 Å². The second-order valence-electron chi connectivity index (χ2n) is 8.00. The van der Waals surface area contributed by atoms with Gasteiger partial charge in [0.15, 0.2) is 29.3 Å². The van der Waals surface area contributed by atoms with Crippen molar-refractivity contribution in [1.29, 1.82) is 0 Å². The van der Waals surface area contributed by atoms with E-state index in [-0.39, 0.29) is 23.1 Å².